The lowest BCUT2D eigenvalue weighted by Crippen LogP contribution is -1.94. The van der Waals surface area contributed by atoms with E-state index < -0.39 is 0 Å². The summed E-state index contributed by atoms with van der Waals surface area (Å²) in [5, 5.41) is 15.6. The van der Waals surface area contributed by atoms with E-state index in [-0.39, 0.29) is 0 Å². The molecular weight excluding hydrogens is 747 g/mol. The predicted octanol–water partition coefficient (Wildman–Crippen LogP) is 15.4. The van der Waals surface area contributed by atoms with Crippen LogP contribution in [-0.2, 0) is 0 Å². The summed E-state index contributed by atoms with van der Waals surface area (Å²) in [6.45, 7) is 0. The first-order chi connectivity index (χ1) is 29.7. The molecule has 3 nitrogen and oxygen atoms in total. The Morgan fingerprint density at radius 3 is 1.53 bits per heavy atom. The van der Waals surface area contributed by atoms with Crippen LogP contribution in [0, 0.1) is 0 Å². The van der Waals surface area contributed by atoms with Crippen molar-refractivity contribution in [3.05, 3.63) is 212 Å². The van der Waals surface area contributed by atoms with Crippen LogP contribution < -0.4 is 0 Å². The number of para-hydroxylation sites is 1. The van der Waals surface area contributed by atoms with Gasteiger partial charge < -0.3 is 0 Å². The Labute approximate surface area is 351 Å². The first kappa shape index (κ1) is 34.4. The number of nitrogens with zero attached hydrogens (tertiary/aromatic N) is 3. The van der Waals surface area contributed by atoms with Gasteiger partial charge in [-0.05, 0) is 97.9 Å². The maximum atomic E-state index is 4.80. The highest BCUT2D eigenvalue weighted by molar-refractivity contribution is 7.26. The molecule has 0 aliphatic carbocycles. The van der Waals surface area contributed by atoms with Gasteiger partial charge in [0, 0.05) is 42.1 Å². The Balaban J connectivity index is 1.02. The van der Waals surface area contributed by atoms with Crippen LogP contribution in [0.25, 0.3) is 115 Å². The molecule has 12 rings (SSSR count). The highest BCUT2D eigenvalue weighted by Gasteiger charge is 2.18. The third-order valence-corrected chi connectivity index (χ3v) is 13.1. The van der Waals surface area contributed by atoms with E-state index in [1.54, 1.807) is 0 Å². The van der Waals surface area contributed by atoms with Gasteiger partial charge in [-0.1, -0.05) is 170 Å². The fourth-order valence-electron chi connectivity index (χ4n) is 8.94. The molecule has 0 bridgehead atoms. The Bertz CT molecular complexity index is 3580. The third kappa shape index (κ3) is 5.72. The minimum atomic E-state index is 0.834. The molecule has 60 heavy (non-hydrogen) atoms. The van der Waals surface area contributed by atoms with E-state index >= 15 is 0 Å². The van der Waals surface area contributed by atoms with Crippen LogP contribution in [0.15, 0.2) is 212 Å². The summed E-state index contributed by atoms with van der Waals surface area (Å²) < 4.78 is 4.76. The molecule has 12 aromatic rings. The fourth-order valence-corrected chi connectivity index (χ4v) is 10.1. The number of fused-ring (bicyclic) bond motifs is 9. The van der Waals surface area contributed by atoms with Crippen LogP contribution in [-0.4, -0.2) is 14.6 Å². The average Bonchev–Trinajstić information content (AvgIpc) is 3.95. The van der Waals surface area contributed by atoms with E-state index in [2.05, 4.69) is 217 Å². The first-order valence-corrected chi connectivity index (χ1v) is 21.1. The number of benzene rings is 9. The minimum Gasteiger partial charge on any atom is -0.274 e. The fraction of sp³-hybridized carbons (Fsp3) is 0. The maximum absolute atomic E-state index is 4.80. The maximum Gasteiger partial charge on any atom is 0.169 e. The van der Waals surface area contributed by atoms with Crippen LogP contribution in [0.4, 0.5) is 0 Å². The zero-order valence-electron chi connectivity index (χ0n) is 32.5. The SMILES string of the molecule is c1ccc(-c2cccc(-c3ccc4sc5c(-c6ccc(-c7nnc8c9ccccc9c9ccccc9n78)cc6)cc(-c6cccc(-c7ccccc7)c6)cc5c4c3)c2)cc1. The van der Waals surface area contributed by atoms with E-state index in [4.69, 9.17) is 10.2 Å². The van der Waals surface area contributed by atoms with Gasteiger partial charge in [-0.15, -0.1) is 21.5 Å². The monoisotopic (exact) mass is 781 g/mol. The largest absolute Gasteiger partial charge is 0.274 e. The molecule has 0 N–H and O–H groups in total. The summed E-state index contributed by atoms with van der Waals surface area (Å²) in [7, 11) is 0. The van der Waals surface area contributed by atoms with Crippen molar-refractivity contribution in [3.63, 3.8) is 0 Å². The van der Waals surface area contributed by atoms with Gasteiger partial charge in [0.05, 0.1) is 5.52 Å². The summed E-state index contributed by atoms with van der Waals surface area (Å²) in [6.07, 6.45) is 0. The van der Waals surface area contributed by atoms with E-state index in [0.717, 1.165) is 33.5 Å². The summed E-state index contributed by atoms with van der Waals surface area (Å²) in [4.78, 5) is 0. The Morgan fingerprint density at radius 1 is 0.317 bits per heavy atom. The number of hydrogen-bond donors (Lipinski definition) is 0. The van der Waals surface area contributed by atoms with Gasteiger partial charge in [-0.25, -0.2) is 0 Å². The van der Waals surface area contributed by atoms with Gasteiger partial charge in [0.15, 0.2) is 11.5 Å². The highest BCUT2D eigenvalue weighted by atomic mass is 32.1. The molecule has 0 saturated heterocycles. The molecule has 0 fully saturated rings. The van der Waals surface area contributed by atoms with Crippen molar-refractivity contribution in [1.29, 1.82) is 0 Å². The predicted molar refractivity (Wildman–Crippen MR) is 254 cm³/mol. The second kappa shape index (κ2) is 14.0. The normalized spacial score (nSPS) is 11.7. The van der Waals surface area contributed by atoms with Crippen LogP contribution >= 0.6 is 11.3 Å². The molecule has 0 aliphatic rings. The van der Waals surface area contributed by atoms with Gasteiger partial charge >= 0.3 is 0 Å². The lowest BCUT2D eigenvalue weighted by Gasteiger charge is -2.12. The quantitative estimate of drug-likeness (QED) is 0.157. The topological polar surface area (TPSA) is 30.2 Å². The molecule has 0 radical (unpaired) electrons. The number of hydrogen-bond acceptors (Lipinski definition) is 3. The summed E-state index contributed by atoms with van der Waals surface area (Å²) in [6, 6.07) is 76.8. The second-order valence-corrected chi connectivity index (χ2v) is 16.5. The van der Waals surface area contributed by atoms with Gasteiger partial charge in [-0.3, -0.25) is 4.40 Å². The molecule has 0 atom stereocenters. The molecule has 3 aromatic heterocycles. The standard InChI is InChI=1S/C56H35N3S/c1-3-13-36(14-4-1)40-17-11-19-42(31-40)44-29-30-53-50(33-44)51-35-45(43-20-12-18-41(32-43)37-15-5-2-6-16-37)34-49(54(51)60-53)38-25-27-39(28-26-38)55-57-58-56-48-23-8-7-21-46(48)47-22-9-10-24-52(47)59(55)56/h1-35H. The second-order valence-electron chi connectivity index (χ2n) is 15.4. The number of aromatic nitrogens is 3. The van der Waals surface area contributed by atoms with Crippen LogP contribution in [0.1, 0.15) is 0 Å². The molecule has 0 amide bonds. The minimum absolute atomic E-state index is 0.834. The summed E-state index contributed by atoms with van der Waals surface area (Å²) >= 11 is 1.87. The smallest absolute Gasteiger partial charge is 0.169 e. The van der Waals surface area contributed by atoms with Crippen molar-refractivity contribution in [3.8, 4) is 67.0 Å². The van der Waals surface area contributed by atoms with Crippen LogP contribution in [0.5, 0.6) is 0 Å². The summed E-state index contributed by atoms with van der Waals surface area (Å²) in [5.41, 5.74) is 15.0. The number of thiophene rings is 1. The van der Waals surface area contributed by atoms with Gasteiger partial charge in [0.2, 0.25) is 0 Å². The highest BCUT2D eigenvalue weighted by Crippen LogP contribution is 2.45. The van der Waals surface area contributed by atoms with E-state index in [0.29, 0.717) is 0 Å². The van der Waals surface area contributed by atoms with Crippen molar-refractivity contribution in [2.24, 2.45) is 0 Å². The van der Waals surface area contributed by atoms with Gasteiger partial charge in [0.1, 0.15) is 0 Å². The molecule has 9 aromatic carbocycles. The van der Waals surface area contributed by atoms with Crippen molar-refractivity contribution < 1.29 is 0 Å². The summed E-state index contributed by atoms with van der Waals surface area (Å²) in [5.74, 6) is 0.834. The molecule has 280 valence electrons. The van der Waals surface area contributed by atoms with Crippen LogP contribution in [0.3, 0.4) is 0 Å². The number of rotatable bonds is 6. The Morgan fingerprint density at radius 2 is 0.833 bits per heavy atom. The first-order valence-electron chi connectivity index (χ1n) is 20.3. The van der Waals surface area contributed by atoms with E-state index in [1.165, 1.54) is 81.0 Å². The lowest BCUT2D eigenvalue weighted by atomic mass is 9.93. The van der Waals surface area contributed by atoms with Gasteiger partial charge in [0.25, 0.3) is 0 Å². The molecule has 3 heterocycles. The molecular formula is C56H35N3S. The van der Waals surface area contributed by atoms with Gasteiger partial charge in [-0.2, -0.15) is 0 Å². The molecule has 0 spiro atoms. The van der Waals surface area contributed by atoms with Crippen molar-refractivity contribution in [1.82, 2.24) is 14.6 Å². The van der Waals surface area contributed by atoms with Crippen molar-refractivity contribution in [2.45, 2.75) is 0 Å². The Hall–Kier alpha value is -7.66. The van der Waals surface area contributed by atoms with E-state index in [1.807, 2.05) is 11.3 Å². The molecule has 0 saturated carbocycles. The zero-order chi connectivity index (χ0) is 39.6. The third-order valence-electron chi connectivity index (χ3n) is 11.9. The zero-order valence-corrected chi connectivity index (χ0v) is 33.3. The molecule has 0 aliphatic heterocycles. The number of pyridine rings is 1. The molecule has 0 unspecified atom stereocenters. The van der Waals surface area contributed by atoms with Crippen molar-refractivity contribution in [2.75, 3.05) is 0 Å². The average molecular weight is 782 g/mol. The van der Waals surface area contributed by atoms with E-state index in [9.17, 15) is 0 Å². The molecule has 4 heteroatoms. The lowest BCUT2D eigenvalue weighted by molar-refractivity contribution is 1.12. The van der Waals surface area contributed by atoms with Crippen molar-refractivity contribution >= 4 is 58.8 Å². The van der Waals surface area contributed by atoms with Crippen LogP contribution in [0.2, 0.25) is 0 Å². The Kier molecular flexibility index (Phi) is 8.03.